The predicted octanol–water partition coefficient (Wildman–Crippen LogP) is 1.07. The molecule has 0 heterocycles. The highest BCUT2D eigenvalue weighted by Gasteiger charge is 1.96. The van der Waals surface area contributed by atoms with Crippen molar-refractivity contribution in [1.82, 2.24) is 5.32 Å². The number of rotatable bonds is 9. The summed E-state index contributed by atoms with van der Waals surface area (Å²) in [5.74, 6) is 0.617. The summed E-state index contributed by atoms with van der Waals surface area (Å²) in [6, 6.07) is 0. The summed E-state index contributed by atoms with van der Waals surface area (Å²) in [4.78, 5) is 21.6. The molecule has 0 saturated carbocycles. The second-order valence-electron chi connectivity index (χ2n) is 3.35. The summed E-state index contributed by atoms with van der Waals surface area (Å²) >= 11 is 1.42. The molecule has 0 atom stereocenters. The molecular formula is C11H20N2O2S. The van der Waals surface area contributed by atoms with Crippen LogP contribution in [0.5, 0.6) is 0 Å². The van der Waals surface area contributed by atoms with Gasteiger partial charge in [-0.05, 0) is 12.5 Å². The zero-order chi connectivity index (χ0) is 12.2. The average Bonchev–Trinajstić information content (AvgIpc) is 2.23. The monoisotopic (exact) mass is 244 g/mol. The Labute approximate surface area is 101 Å². The van der Waals surface area contributed by atoms with Gasteiger partial charge in [-0.1, -0.05) is 25.8 Å². The van der Waals surface area contributed by atoms with Gasteiger partial charge < -0.3 is 11.1 Å². The van der Waals surface area contributed by atoms with Gasteiger partial charge in [0, 0.05) is 12.3 Å². The molecule has 0 spiro atoms. The first kappa shape index (κ1) is 15.0. The van der Waals surface area contributed by atoms with Crippen LogP contribution in [-0.2, 0) is 9.59 Å². The number of unbranched alkanes of at least 4 members (excludes halogenated alkanes) is 2. The maximum absolute atomic E-state index is 11.2. The van der Waals surface area contributed by atoms with E-state index in [1.807, 2.05) is 6.08 Å². The molecule has 3 N–H and O–H groups in total. The van der Waals surface area contributed by atoms with Crippen LogP contribution in [0.2, 0.25) is 0 Å². The van der Waals surface area contributed by atoms with Crippen molar-refractivity contribution in [2.45, 2.75) is 26.2 Å². The maximum atomic E-state index is 11.2. The van der Waals surface area contributed by atoms with Gasteiger partial charge in [0.2, 0.25) is 11.8 Å². The van der Waals surface area contributed by atoms with Crippen molar-refractivity contribution in [1.29, 1.82) is 0 Å². The van der Waals surface area contributed by atoms with E-state index in [4.69, 9.17) is 5.73 Å². The quantitative estimate of drug-likeness (QED) is 0.470. The molecule has 0 bridgehead atoms. The minimum absolute atomic E-state index is 0.0734. The van der Waals surface area contributed by atoms with Crippen LogP contribution in [0.4, 0.5) is 0 Å². The summed E-state index contributed by atoms with van der Waals surface area (Å²) in [5.41, 5.74) is 4.97. The van der Waals surface area contributed by atoms with Crippen LogP contribution >= 0.6 is 11.8 Å². The minimum Gasteiger partial charge on any atom is -0.369 e. The Bertz CT molecular complexity index is 242. The van der Waals surface area contributed by atoms with E-state index in [1.54, 1.807) is 6.08 Å². The molecule has 5 heteroatoms. The van der Waals surface area contributed by atoms with Gasteiger partial charge in [-0.15, -0.1) is 0 Å². The van der Waals surface area contributed by atoms with Crippen molar-refractivity contribution in [3.05, 3.63) is 12.2 Å². The molecule has 4 nitrogen and oxygen atoms in total. The predicted molar refractivity (Wildman–Crippen MR) is 68.2 cm³/mol. The molecule has 0 unspecified atom stereocenters. The van der Waals surface area contributed by atoms with Gasteiger partial charge >= 0.3 is 0 Å². The molecule has 0 aliphatic rings. The third kappa shape index (κ3) is 11.1. The minimum atomic E-state index is -0.323. The van der Waals surface area contributed by atoms with Crippen LogP contribution in [0, 0.1) is 0 Å². The van der Waals surface area contributed by atoms with Crippen molar-refractivity contribution >= 4 is 23.6 Å². The van der Waals surface area contributed by atoms with E-state index in [0.717, 1.165) is 19.3 Å². The lowest BCUT2D eigenvalue weighted by atomic mass is 10.2. The molecule has 0 radical (unpaired) electrons. The van der Waals surface area contributed by atoms with Crippen LogP contribution in [-0.4, -0.2) is 29.9 Å². The molecule has 92 valence electrons. The Hall–Kier alpha value is -0.970. The first-order valence-electron chi connectivity index (χ1n) is 5.47. The fourth-order valence-corrected chi connectivity index (χ4v) is 1.58. The highest BCUT2D eigenvalue weighted by molar-refractivity contribution is 7.99. The SMILES string of the molecule is CCCCC=CC(=O)NCCSCC(N)=O. The second kappa shape index (κ2) is 10.5. The van der Waals surface area contributed by atoms with Gasteiger partial charge in [-0.25, -0.2) is 0 Å². The molecule has 0 fully saturated rings. The number of nitrogens with two attached hydrogens (primary N) is 1. The lowest BCUT2D eigenvalue weighted by Gasteiger charge is -2.00. The summed E-state index contributed by atoms with van der Waals surface area (Å²) in [6.45, 7) is 2.68. The smallest absolute Gasteiger partial charge is 0.243 e. The fraction of sp³-hybridized carbons (Fsp3) is 0.636. The van der Waals surface area contributed by atoms with Crippen LogP contribution < -0.4 is 11.1 Å². The van der Waals surface area contributed by atoms with Crippen LogP contribution in [0.15, 0.2) is 12.2 Å². The van der Waals surface area contributed by atoms with Gasteiger partial charge in [0.05, 0.1) is 5.75 Å². The van der Waals surface area contributed by atoms with E-state index in [9.17, 15) is 9.59 Å². The molecular weight excluding hydrogens is 224 g/mol. The normalized spacial score (nSPS) is 10.6. The number of nitrogens with one attached hydrogen (secondary N) is 1. The fourth-order valence-electron chi connectivity index (χ4n) is 0.990. The molecule has 2 amide bonds. The van der Waals surface area contributed by atoms with Gasteiger partial charge in [0.1, 0.15) is 0 Å². The van der Waals surface area contributed by atoms with Gasteiger partial charge in [0.25, 0.3) is 0 Å². The Morgan fingerprint density at radius 2 is 2.19 bits per heavy atom. The van der Waals surface area contributed by atoms with Crippen LogP contribution in [0.25, 0.3) is 0 Å². The number of primary amides is 1. The molecule has 0 aromatic carbocycles. The highest BCUT2D eigenvalue weighted by atomic mass is 32.2. The third-order valence-electron chi connectivity index (χ3n) is 1.78. The zero-order valence-electron chi connectivity index (χ0n) is 9.70. The molecule has 0 saturated heterocycles. The molecule has 16 heavy (non-hydrogen) atoms. The van der Waals surface area contributed by atoms with Crippen molar-refractivity contribution in [2.24, 2.45) is 5.73 Å². The number of hydrogen-bond donors (Lipinski definition) is 2. The van der Waals surface area contributed by atoms with Crippen molar-refractivity contribution in [2.75, 3.05) is 18.1 Å². The number of thioether (sulfide) groups is 1. The molecule has 0 aliphatic heterocycles. The zero-order valence-corrected chi connectivity index (χ0v) is 10.5. The van der Waals surface area contributed by atoms with E-state index in [2.05, 4.69) is 12.2 Å². The Morgan fingerprint density at radius 3 is 2.81 bits per heavy atom. The van der Waals surface area contributed by atoms with Crippen LogP contribution in [0.3, 0.4) is 0 Å². The second-order valence-corrected chi connectivity index (χ2v) is 4.46. The number of allylic oxidation sites excluding steroid dienone is 1. The van der Waals surface area contributed by atoms with Crippen molar-refractivity contribution in [3.63, 3.8) is 0 Å². The van der Waals surface area contributed by atoms with Crippen LogP contribution in [0.1, 0.15) is 26.2 Å². The average molecular weight is 244 g/mol. The largest absolute Gasteiger partial charge is 0.369 e. The number of carbonyl (C=O) groups excluding carboxylic acids is 2. The molecule has 0 rings (SSSR count). The van der Waals surface area contributed by atoms with Crippen molar-refractivity contribution in [3.8, 4) is 0 Å². The van der Waals surface area contributed by atoms with Gasteiger partial charge in [-0.3, -0.25) is 9.59 Å². The topological polar surface area (TPSA) is 72.2 Å². The van der Waals surface area contributed by atoms with E-state index < -0.39 is 0 Å². The first-order chi connectivity index (χ1) is 7.66. The highest BCUT2D eigenvalue weighted by Crippen LogP contribution is 1.96. The summed E-state index contributed by atoms with van der Waals surface area (Å²) in [7, 11) is 0. The summed E-state index contributed by atoms with van der Waals surface area (Å²) < 4.78 is 0. The van der Waals surface area contributed by atoms with E-state index in [1.165, 1.54) is 11.8 Å². The van der Waals surface area contributed by atoms with Crippen molar-refractivity contribution < 1.29 is 9.59 Å². The summed E-state index contributed by atoms with van der Waals surface area (Å²) in [5, 5.41) is 2.73. The number of amides is 2. The van der Waals surface area contributed by atoms with Gasteiger partial charge in [-0.2, -0.15) is 11.8 Å². The Kier molecular flexibility index (Phi) is 9.91. The standard InChI is InChI=1S/C11H20N2O2S/c1-2-3-4-5-6-11(15)13-7-8-16-9-10(12)14/h5-6H,2-4,7-9H2,1H3,(H2,12,14)(H,13,15). The van der Waals surface area contributed by atoms with E-state index >= 15 is 0 Å². The Morgan fingerprint density at radius 1 is 1.44 bits per heavy atom. The van der Waals surface area contributed by atoms with E-state index in [-0.39, 0.29) is 11.8 Å². The Balaban J connectivity index is 3.36. The van der Waals surface area contributed by atoms with Gasteiger partial charge in [0.15, 0.2) is 0 Å². The number of hydrogen-bond acceptors (Lipinski definition) is 3. The molecule has 0 aromatic heterocycles. The molecule has 0 aliphatic carbocycles. The number of carbonyl (C=O) groups is 2. The van der Waals surface area contributed by atoms with E-state index in [0.29, 0.717) is 18.1 Å². The lowest BCUT2D eigenvalue weighted by Crippen LogP contribution is -2.24. The summed E-state index contributed by atoms with van der Waals surface area (Å²) in [6.07, 6.45) is 6.64. The maximum Gasteiger partial charge on any atom is 0.243 e. The first-order valence-corrected chi connectivity index (χ1v) is 6.62. The lowest BCUT2D eigenvalue weighted by molar-refractivity contribution is -0.116. The third-order valence-corrected chi connectivity index (χ3v) is 2.76. The molecule has 0 aromatic rings.